The molecule has 8 aromatic carbocycles. The van der Waals surface area contributed by atoms with Gasteiger partial charge in [-0.05, 0) is 0 Å². The molecule has 0 unspecified atom stereocenters. The Balaban J connectivity index is 1.19. The number of hydrogen-bond donors (Lipinski definition) is 0. The van der Waals surface area contributed by atoms with Gasteiger partial charge in [0.1, 0.15) is 0 Å². The molecule has 57 heavy (non-hydrogen) atoms. The van der Waals surface area contributed by atoms with Crippen LogP contribution < -0.4 is 17.7 Å². The van der Waals surface area contributed by atoms with E-state index >= 15 is 0 Å². The fourth-order valence-corrected chi connectivity index (χ4v) is 21.2. The number of aromatic nitrogens is 3. The topological polar surface area (TPSA) is 30.7 Å². The molecule has 0 spiro atoms. The number of para-hydroxylation sites is 1. The molecule has 0 saturated carbocycles. The summed E-state index contributed by atoms with van der Waals surface area (Å²) in [6.07, 6.45) is 0. The Morgan fingerprint density at radius 3 is 1.89 bits per heavy atom. The molecule has 3 nitrogen and oxygen atoms in total. The van der Waals surface area contributed by atoms with Gasteiger partial charge in [-0.3, -0.25) is 0 Å². The molecule has 0 fully saturated rings. The molecule has 4 heterocycles. The SMILES string of the molecule is c1ccc(-c2nc(-c3cccc(-n4c5ccccc5c5ccc6c7ccccc7sc6c54)c3)c3[c](n2)[Ge]([c]2ccccc2)([c]2ccccc2)[c]2ccccc2-3)cc1. The number of hydrogen-bond acceptors (Lipinski definition) is 3. The van der Waals surface area contributed by atoms with E-state index in [1.807, 2.05) is 11.3 Å². The van der Waals surface area contributed by atoms with Crippen LogP contribution in [0.4, 0.5) is 0 Å². The quantitative estimate of drug-likeness (QED) is 0.162. The van der Waals surface area contributed by atoms with Crippen LogP contribution in [0.2, 0.25) is 0 Å². The summed E-state index contributed by atoms with van der Waals surface area (Å²) >= 11 is -1.79. The summed E-state index contributed by atoms with van der Waals surface area (Å²) < 4.78 is 10.4. The van der Waals surface area contributed by atoms with Crippen LogP contribution in [0, 0.1) is 0 Å². The molecule has 0 bridgehead atoms. The monoisotopic (exact) mass is 805 g/mol. The Bertz CT molecular complexity index is 3310. The second kappa shape index (κ2) is 12.7. The molecule has 0 atom stereocenters. The molecule has 11 aromatic rings. The van der Waals surface area contributed by atoms with Gasteiger partial charge < -0.3 is 0 Å². The van der Waals surface area contributed by atoms with Gasteiger partial charge in [-0.2, -0.15) is 0 Å². The summed E-state index contributed by atoms with van der Waals surface area (Å²) in [6.45, 7) is 0. The third-order valence-electron chi connectivity index (χ3n) is 11.9. The zero-order chi connectivity index (χ0) is 37.5. The van der Waals surface area contributed by atoms with Crippen molar-refractivity contribution in [3.8, 4) is 39.5 Å². The van der Waals surface area contributed by atoms with E-state index < -0.39 is 13.3 Å². The van der Waals surface area contributed by atoms with Crippen LogP contribution in [0.1, 0.15) is 0 Å². The van der Waals surface area contributed by atoms with Gasteiger partial charge in [0.05, 0.1) is 0 Å². The third-order valence-corrected chi connectivity index (χ3v) is 23.0. The summed E-state index contributed by atoms with van der Waals surface area (Å²) in [5.74, 6) is 0.758. The van der Waals surface area contributed by atoms with Crippen LogP contribution >= 0.6 is 11.3 Å². The van der Waals surface area contributed by atoms with Crippen LogP contribution in [-0.2, 0) is 0 Å². The average molecular weight is 805 g/mol. The molecule has 12 rings (SSSR count). The Morgan fingerprint density at radius 1 is 0.474 bits per heavy atom. The molecular formula is C52H33GeN3S. The van der Waals surface area contributed by atoms with Crippen molar-refractivity contribution in [2.75, 3.05) is 0 Å². The molecule has 0 aliphatic carbocycles. The van der Waals surface area contributed by atoms with E-state index in [2.05, 4.69) is 205 Å². The molecule has 5 heteroatoms. The number of thiophene rings is 1. The molecule has 0 saturated heterocycles. The molecule has 266 valence electrons. The van der Waals surface area contributed by atoms with Gasteiger partial charge in [0.15, 0.2) is 0 Å². The molecule has 1 aliphatic rings. The summed E-state index contributed by atoms with van der Waals surface area (Å²) in [6, 6.07) is 73.2. The summed E-state index contributed by atoms with van der Waals surface area (Å²) in [5, 5.41) is 5.12. The number of rotatable bonds is 5. The first kappa shape index (κ1) is 32.6. The van der Waals surface area contributed by atoms with Crippen molar-refractivity contribution in [1.82, 2.24) is 14.5 Å². The Hall–Kier alpha value is -6.60. The maximum atomic E-state index is 5.71. The summed E-state index contributed by atoms with van der Waals surface area (Å²) in [4.78, 5) is 11.3. The van der Waals surface area contributed by atoms with E-state index in [-0.39, 0.29) is 0 Å². The van der Waals surface area contributed by atoms with E-state index in [0.717, 1.165) is 33.9 Å². The van der Waals surface area contributed by atoms with Gasteiger partial charge in [0.2, 0.25) is 0 Å². The number of benzene rings is 8. The van der Waals surface area contributed by atoms with E-state index in [4.69, 9.17) is 9.97 Å². The first-order chi connectivity index (χ1) is 28.3. The van der Waals surface area contributed by atoms with Crippen LogP contribution in [0.25, 0.3) is 81.4 Å². The van der Waals surface area contributed by atoms with Crippen molar-refractivity contribution < 1.29 is 0 Å². The van der Waals surface area contributed by atoms with E-state index in [1.165, 1.54) is 65.3 Å². The summed E-state index contributed by atoms with van der Waals surface area (Å²) in [7, 11) is 0. The second-order valence-electron chi connectivity index (χ2n) is 14.9. The van der Waals surface area contributed by atoms with Crippen molar-refractivity contribution in [3.63, 3.8) is 0 Å². The number of nitrogens with zero attached hydrogens (tertiary/aromatic N) is 3. The molecule has 0 amide bonds. The molecule has 1 aliphatic heterocycles. The van der Waals surface area contributed by atoms with Crippen LogP contribution in [-0.4, -0.2) is 27.8 Å². The minimum atomic E-state index is -3.68. The maximum absolute atomic E-state index is 5.71. The Kier molecular flexibility index (Phi) is 7.28. The van der Waals surface area contributed by atoms with Crippen molar-refractivity contribution in [2.45, 2.75) is 0 Å². The minimum absolute atomic E-state index is 0.758. The van der Waals surface area contributed by atoms with Crippen molar-refractivity contribution in [2.24, 2.45) is 0 Å². The van der Waals surface area contributed by atoms with E-state index in [1.54, 1.807) is 0 Å². The van der Waals surface area contributed by atoms with Gasteiger partial charge in [-0.1, -0.05) is 12.1 Å². The average Bonchev–Trinajstić information content (AvgIpc) is 3.94. The van der Waals surface area contributed by atoms with Crippen LogP contribution in [0.15, 0.2) is 200 Å². The zero-order valence-corrected chi connectivity index (χ0v) is 33.7. The van der Waals surface area contributed by atoms with Gasteiger partial charge in [-0.25, -0.2) is 0 Å². The molecule has 0 N–H and O–H groups in total. The normalized spacial score (nSPS) is 13.1. The first-order valence-electron chi connectivity index (χ1n) is 19.4. The fourth-order valence-electron chi connectivity index (χ4n) is 9.49. The first-order valence-corrected chi connectivity index (χ1v) is 24.4. The second-order valence-corrected chi connectivity index (χ2v) is 23.6. The predicted molar refractivity (Wildman–Crippen MR) is 243 cm³/mol. The predicted octanol–water partition coefficient (Wildman–Crippen LogP) is 10.6. The van der Waals surface area contributed by atoms with Crippen LogP contribution in [0.3, 0.4) is 0 Å². The van der Waals surface area contributed by atoms with Crippen molar-refractivity contribution in [1.29, 1.82) is 0 Å². The van der Waals surface area contributed by atoms with Gasteiger partial charge in [0, 0.05) is 0 Å². The fraction of sp³-hybridized carbons (Fsp3) is 0. The summed E-state index contributed by atoms with van der Waals surface area (Å²) in [5.41, 5.74) is 9.01. The van der Waals surface area contributed by atoms with Crippen molar-refractivity contribution in [3.05, 3.63) is 200 Å². The Morgan fingerprint density at radius 2 is 1.11 bits per heavy atom. The van der Waals surface area contributed by atoms with Gasteiger partial charge in [0.25, 0.3) is 0 Å². The number of fused-ring (bicyclic) bond motifs is 10. The van der Waals surface area contributed by atoms with Gasteiger partial charge in [-0.15, -0.1) is 0 Å². The standard InChI is InChI=1S/C52H33GeN3S/c1-4-17-34(18-5-1)52-54-48(47-43-27-10-13-28-44(43)53(51(47)55-52,36-20-6-2-7-21-36)37-22-8-3-9-23-37)35-19-16-24-38(33-35)56-45-29-14-11-25-39(45)41-31-32-42-40-26-12-15-30-46(40)57-50(42)49(41)56/h1-33H. The van der Waals surface area contributed by atoms with E-state index in [0.29, 0.717) is 0 Å². The Labute approximate surface area is 336 Å². The molecule has 3 aromatic heterocycles. The van der Waals surface area contributed by atoms with Crippen molar-refractivity contribution >= 4 is 84.3 Å². The molecular weight excluding hydrogens is 771 g/mol. The molecule has 0 radical (unpaired) electrons. The van der Waals surface area contributed by atoms with E-state index in [9.17, 15) is 0 Å². The zero-order valence-electron chi connectivity index (χ0n) is 30.8. The third kappa shape index (κ3) is 4.72. The van der Waals surface area contributed by atoms with Crippen LogP contribution in [0.5, 0.6) is 0 Å². The van der Waals surface area contributed by atoms with Gasteiger partial charge >= 0.3 is 326 Å².